The maximum Gasteiger partial charge on any atom is 0.338 e. The molecule has 29 heavy (non-hydrogen) atoms. The largest absolute Gasteiger partial charge is 0.494 e. The highest BCUT2D eigenvalue weighted by molar-refractivity contribution is 9.10. The van der Waals surface area contributed by atoms with Gasteiger partial charge in [-0.05, 0) is 46.3 Å². The normalized spacial score (nSPS) is 11.2. The Kier molecular flexibility index (Phi) is 4.87. The number of hydrogen-bond donors (Lipinski definition) is 0. The molecule has 0 N–H and O–H groups in total. The van der Waals surface area contributed by atoms with Crippen LogP contribution in [0.1, 0.15) is 10.4 Å². The van der Waals surface area contributed by atoms with Gasteiger partial charge in [0.1, 0.15) is 21.5 Å². The molecular weight excluding hydrogens is 436 g/mol. The molecule has 0 saturated heterocycles. The topological polar surface area (TPSA) is 71.2 Å². The van der Waals surface area contributed by atoms with Crippen LogP contribution in [0.5, 0.6) is 5.75 Å². The van der Waals surface area contributed by atoms with E-state index in [-0.39, 0.29) is 0 Å². The number of aryl methyl sites for hydroxylation is 1. The summed E-state index contributed by atoms with van der Waals surface area (Å²) < 4.78 is 15.2. The third-order valence-electron chi connectivity index (χ3n) is 4.83. The summed E-state index contributed by atoms with van der Waals surface area (Å²) in [5, 5.41) is 0.999. The van der Waals surface area contributed by atoms with Gasteiger partial charge < -0.3 is 18.6 Å². The Morgan fingerprint density at radius 2 is 2.03 bits per heavy atom. The first kappa shape index (κ1) is 19.2. The average molecular weight is 455 g/mol. The molecule has 0 spiro atoms. The lowest BCUT2D eigenvalue weighted by Gasteiger charge is -2.09. The van der Waals surface area contributed by atoms with Crippen molar-refractivity contribution in [2.75, 3.05) is 14.2 Å². The highest BCUT2D eigenvalue weighted by Crippen LogP contribution is 2.34. The van der Waals surface area contributed by atoms with Crippen LogP contribution in [0.3, 0.4) is 0 Å². The highest BCUT2D eigenvalue weighted by Gasteiger charge is 2.21. The second-order valence-electron chi connectivity index (χ2n) is 6.51. The van der Waals surface area contributed by atoms with E-state index in [9.17, 15) is 4.79 Å². The van der Waals surface area contributed by atoms with Gasteiger partial charge in [0.25, 0.3) is 0 Å². The van der Waals surface area contributed by atoms with Crippen molar-refractivity contribution in [3.8, 4) is 17.3 Å². The van der Waals surface area contributed by atoms with Crippen LogP contribution >= 0.6 is 15.9 Å². The van der Waals surface area contributed by atoms with Gasteiger partial charge in [0, 0.05) is 19.0 Å². The lowest BCUT2D eigenvalue weighted by molar-refractivity contribution is 0.0600. The van der Waals surface area contributed by atoms with Crippen molar-refractivity contribution < 1.29 is 14.3 Å². The molecule has 0 amide bonds. The summed E-state index contributed by atoms with van der Waals surface area (Å²) in [7, 11) is 4.84. The number of esters is 1. The molecule has 0 radical (unpaired) electrons. The Morgan fingerprint density at radius 3 is 2.72 bits per heavy atom. The monoisotopic (exact) mass is 454 g/mol. The summed E-state index contributed by atoms with van der Waals surface area (Å²) >= 11 is 3.44. The number of hydrogen-bond acceptors (Lipinski definition) is 5. The SMILES string of the molecule is C=CCn1c(-c2nc3cc(C(=O)OC)cc(OC)c3n2C)cc2ccc(Br)nc21. The zero-order valence-corrected chi connectivity index (χ0v) is 17.9. The fraction of sp³-hybridized carbons (Fsp3) is 0.190. The molecule has 3 heterocycles. The number of methoxy groups -OCH3 is 2. The highest BCUT2D eigenvalue weighted by atomic mass is 79.9. The molecule has 0 unspecified atom stereocenters. The molecule has 0 saturated carbocycles. The minimum absolute atomic E-state index is 0.388. The predicted molar refractivity (Wildman–Crippen MR) is 115 cm³/mol. The molecule has 1 aromatic carbocycles. The van der Waals surface area contributed by atoms with E-state index in [4.69, 9.17) is 14.5 Å². The molecule has 0 aliphatic heterocycles. The Labute approximate surface area is 175 Å². The number of ether oxygens (including phenoxy) is 2. The number of imidazole rings is 1. The zero-order valence-electron chi connectivity index (χ0n) is 16.3. The Balaban J connectivity index is 2.02. The first-order chi connectivity index (χ1) is 14.0. The lowest BCUT2D eigenvalue weighted by atomic mass is 10.2. The van der Waals surface area contributed by atoms with Crippen LogP contribution in [0.2, 0.25) is 0 Å². The third-order valence-corrected chi connectivity index (χ3v) is 5.27. The first-order valence-corrected chi connectivity index (χ1v) is 9.67. The van der Waals surface area contributed by atoms with Crippen LogP contribution < -0.4 is 4.74 Å². The van der Waals surface area contributed by atoms with Gasteiger partial charge in [-0.1, -0.05) is 6.08 Å². The van der Waals surface area contributed by atoms with Crippen molar-refractivity contribution in [1.29, 1.82) is 0 Å². The summed E-state index contributed by atoms with van der Waals surface area (Å²) in [5.74, 6) is 0.847. The smallest absolute Gasteiger partial charge is 0.338 e. The van der Waals surface area contributed by atoms with Gasteiger partial charge in [-0.2, -0.15) is 0 Å². The number of benzene rings is 1. The molecule has 4 aromatic rings. The molecule has 0 aliphatic rings. The number of fused-ring (bicyclic) bond motifs is 2. The van der Waals surface area contributed by atoms with Crippen LogP contribution in [0, 0.1) is 0 Å². The van der Waals surface area contributed by atoms with Crippen LogP contribution in [0.15, 0.2) is 47.6 Å². The molecule has 0 atom stereocenters. The average Bonchev–Trinajstić information content (AvgIpc) is 3.24. The van der Waals surface area contributed by atoms with Gasteiger partial charge in [-0.15, -0.1) is 6.58 Å². The number of halogens is 1. The van der Waals surface area contributed by atoms with Gasteiger partial charge in [-0.3, -0.25) is 0 Å². The summed E-state index contributed by atoms with van der Waals surface area (Å²) in [5.41, 5.74) is 3.56. The van der Waals surface area contributed by atoms with Crippen molar-refractivity contribution in [2.45, 2.75) is 6.54 Å². The van der Waals surface area contributed by atoms with E-state index in [1.165, 1.54) is 7.11 Å². The Bertz CT molecular complexity index is 1270. The van der Waals surface area contributed by atoms with Crippen molar-refractivity contribution in [3.63, 3.8) is 0 Å². The molecule has 3 aromatic heterocycles. The maximum absolute atomic E-state index is 12.0. The standard InChI is InChI=1S/C21H19BrN4O3/c1-5-8-26-15(10-12-6-7-17(22)24-19(12)26)20-23-14-9-13(21(27)29-4)11-16(28-3)18(14)25(20)2/h5-7,9-11H,1,8H2,2-4H3. The summed E-state index contributed by atoms with van der Waals surface area (Å²) in [6.45, 7) is 4.45. The quantitative estimate of drug-likeness (QED) is 0.255. The molecular formula is C21H19BrN4O3. The number of nitrogens with zero attached hydrogens (tertiary/aromatic N) is 4. The van der Waals surface area contributed by atoms with Crippen molar-refractivity contribution in [3.05, 3.63) is 53.2 Å². The zero-order chi connectivity index (χ0) is 20.7. The van der Waals surface area contributed by atoms with Crippen LogP contribution in [-0.2, 0) is 18.3 Å². The van der Waals surface area contributed by atoms with Crippen LogP contribution in [-0.4, -0.2) is 39.3 Å². The lowest BCUT2D eigenvalue weighted by Crippen LogP contribution is -2.03. The predicted octanol–water partition coefficient (Wildman–Crippen LogP) is 4.33. The maximum atomic E-state index is 12.0. The number of carbonyl (C=O) groups excluding carboxylic acids is 1. The molecule has 0 bridgehead atoms. The molecule has 8 heteroatoms. The first-order valence-electron chi connectivity index (χ1n) is 8.88. The van der Waals surface area contributed by atoms with E-state index >= 15 is 0 Å². The molecule has 148 valence electrons. The van der Waals surface area contributed by atoms with Crippen molar-refractivity contribution in [2.24, 2.45) is 7.05 Å². The Morgan fingerprint density at radius 1 is 1.24 bits per heavy atom. The second-order valence-corrected chi connectivity index (χ2v) is 7.32. The van der Waals surface area contributed by atoms with Crippen molar-refractivity contribution in [1.82, 2.24) is 19.1 Å². The van der Waals surface area contributed by atoms with E-state index in [0.717, 1.165) is 32.7 Å². The fourth-order valence-electron chi connectivity index (χ4n) is 3.53. The van der Waals surface area contributed by atoms with Gasteiger partial charge in [0.15, 0.2) is 5.82 Å². The van der Waals surface area contributed by atoms with Crippen LogP contribution in [0.4, 0.5) is 0 Å². The second kappa shape index (κ2) is 7.36. The summed E-state index contributed by atoms with van der Waals surface area (Å²) in [6, 6.07) is 9.34. The minimum atomic E-state index is -0.438. The van der Waals surface area contributed by atoms with Crippen molar-refractivity contribution >= 4 is 44.0 Å². The van der Waals surface area contributed by atoms with Crippen LogP contribution in [0.25, 0.3) is 33.6 Å². The van der Waals surface area contributed by atoms with E-state index in [2.05, 4.69) is 32.1 Å². The van der Waals surface area contributed by atoms with E-state index in [1.807, 2.05) is 35.9 Å². The number of pyridine rings is 1. The number of carbonyl (C=O) groups is 1. The van der Waals surface area contributed by atoms with Gasteiger partial charge in [-0.25, -0.2) is 14.8 Å². The number of allylic oxidation sites excluding steroid dienone is 1. The number of aromatic nitrogens is 4. The molecule has 7 nitrogen and oxygen atoms in total. The van der Waals surface area contributed by atoms with Gasteiger partial charge >= 0.3 is 5.97 Å². The fourth-order valence-corrected chi connectivity index (χ4v) is 3.83. The summed E-state index contributed by atoms with van der Waals surface area (Å²) in [6.07, 6.45) is 1.82. The minimum Gasteiger partial charge on any atom is -0.494 e. The number of rotatable bonds is 5. The van der Waals surface area contributed by atoms with E-state index < -0.39 is 5.97 Å². The Hall–Kier alpha value is -3.13. The van der Waals surface area contributed by atoms with E-state index in [0.29, 0.717) is 23.4 Å². The molecule has 0 fully saturated rings. The van der Waals surface area contributed by atoms with Gasteiger partial charge in [0.2, 0.25) is 0 Å². The third kappa shape index (κ3) is 3.09. The molecule has 0 aliphatic carbocycles. The van der Waals surface area contributed by atoms with Gasteiger partial charge in [0.05, 0.1) is 31.0 Å². The molecule has 4 rings (SSSR count). The van der Waals surface area contributed by atoms with E-state index in [1.54, 1.807) is 19.2 Å². The summed E-state index contributed by atoms with van der Waals surface area (Å²) in [4.78, 5) is 21.5.